The number of anilines is 1. The van der Waals surface area contributed by atoms with Gasteiger partial charge in [0.15, 0.2) is 0 Å². The average Bonchev–Trinajstić information content (AvgIpc) is 2.44. The largest absolute Gasteiger partial charge is 0.326 e. The number of pyridine rings is 1. The van der Waals surface area contributed by atoms with Gasteiger partial charge in [-0.05, 0) is 53.6 Å². The first-order valence-corrected chi connectivity index (χ1v) is 9.88. The lowest BCUT2D eigenvalue weighted by atomic mass is 9.88. The molecule has 1 amide bonds. The molecule has 128 valence electrons. The van der Waals surface area contributed by atoms with Crippen LogP contribution in [0.4, 0.5) is 5.69 Å². The second-order valence-corrected chi connectivity index (χ2v) is 8.61. The Morgan fingerprint density at radius 2 is 2.00 bits per heavy atom. The third-order valence-electron chi connectivity index (χ3n) is 3.83. The zero-order chi connectivity index (χ0) is 17.0. The van der Waals surface area contributed by atoms with Gasteiger partial charge in [0.1, 0.15) is 11.4 Å². The molecule has 1 aromatic heterocycles. The lowest BCUT2D eigenvalue weighted by molar-refractivity contribution is -0.113. The summed E-state index contributed by atoms with van der Waals surface area (Å²) in [6.45, 7) is 2.15. The van der Waals surface area contributed by atoms with Gasteiger partial charge in [0.25, 0.3) is 5.56 Å². The Bertz CT molecular complexity index is 724. The van der Waals surface area contributed by atoms with Crippen molar-refractivity contribution in [1.82, 2.24) is 9.71 Å². The Morgan fingerprint density at radius 3 is 2.65 bits per heavy atom. The minimum Gasteiger partial charge on any atom is -0.326 e. The molecule has 2 rings (SSSR count). The highest BCUT2D eigenvalue weighted by Crippen LogP contribution is 2.23. The van der Waals surface area contributed by atoms with Crippen molar-refractivity contribution in [2.24, 2.45) is 5.92 Å². The van der Waals surface area contributed by atoms with Crippen molar-refractivity contribution in [3.8, 4) is 0 Å². The summed E-state index contributed by atoms with van der Waals surface area (Å²) in [5.74, 6) is -0.835. The molecule has 0 aromatic carbocycles. The van der Waals surface area contributed by atoms with Crippen molar-refractivity contribution in [1.29, 1.82) is 0 Å². The molecule has 1 fully saturated rings. The minimum atomic E-state index is -3.73. The Labute approximate surface area is 143 Å². The quantitative estimate of drug-likeness (QED) is 0.690. The van der Waals surface area contributed by atoms with E-state index in [4.69, 9.17) is 0 Å². The third kappa shape index (κ3) is 5.74. The normalized spacial score (nSPS) is 21.8. The molecule has 9 heteroatoms. The van der Waals surface area contributed by atoms with E-state index in [1.807, 2.05) is 0 Å². The molecular formula is C14H20BrN3O4S. The van der Waals surface area contributed by atoms with Crippen molar-refractivity contribution < 1.29 is 13.2 Å². The number of hydrogen-bond acceptors (Lipinski definition) is 4. The molecule has 3 N–H and O–H groups in total. The van der Waals surface area contributed by atoms with Crippen LogP contribution in [0.2, 0.25) is 0 Å². The molecule has 23 heavy (non-hydrogen) atoms. The lowest BCUT2D eigenvalue weighted by Gasteiger charge is -2.26. The first-order valence-electron chi connectivity index (χ1n) is 7.43. The van der Waals surface area contributed by atoms with Crippen LogP contribution in [0.25, 0.3) is 0 Å². The first-order chi connectivity index (χ1) is 10.7. The number of halogens is 1. The van der Waals surface area contributed by atoms with Gasteiger partial charge in [-0.1, -0.05) is 6.92 Å². The average molecular weight is 406 g/mol. The van der Waals surface area contributed by atoms with Crippen LogP contribution in [0.3, 0.4) is 0 Å². The minimum absolute atomic E-state index is 0.00562. The Kier molecular flexibility index (Phi) is 5.99. The van der Waals surface area contributed by atoms with Gasteiger partial charge in [-0.15, -0.1) is 0 Å². The Hall–Kier alpha value is -1.19. The van der Waals surface area contributed by atoms with Gasteiger partial charge in [-0.2, -0.15) is 0 Å². The number of nitrogens with one attached hydrogen (secondary N) is 3. The van der Waals surface area contributed by atoms with Crippen molar-refractivity contribution in [2.75, 3.05) is 11.1 Å². The van der Waals surface area contributed by atoms with Gasteiger partial charge in [-0.3, -0.25) is 9.59 Å². The van der Waals surface area contributed by atoms with E-state index in [1.54, 1.807) is 0 Å². The van der Waals surface area contributed by atoms with Crippen LogP contribution in [0.1, 0.15) is 32.6 Å². The molecule has 0 bridgehead atoms. The van der Waals surface area contributed by atoms with E-state index in [0.717, 1.165) is 25.7 Å². The molecular weight excluding hydrogens is 386 g/mol. The summed E-state index contributed by atoms with van der Waals surface area (Å²) in [5.41, 5.74) is -0.487. The van der Waals surface area contributed by atoms with E-state index in [2.05, 4.69) is 37.9 Å². The summed E-state index contributed by atoms with van der Waals surface area (Å²) in [7, 11) is -3.73. The monoisotopic (exact) mass is 405 g/mol. The predicted molar refractivity (Wildman–Crippen MR) is 91.7 cm³/mol. The van der Waals surface area contributed by atoms with Crippen molar-refractivity contribution >= 4 is 37.5 Å². The van der Waals surface area contributed by atoms with E-state index in [9.17, 15) is 18.0 Å². The smallest absolute Gasteiger partial charge is 0.271 e. The molecule has 1 aliphatic carbocycles. The molecule has 0 spiro atoms. The second-order valence-electron chi connectivity index (χ2n) is 5.94. The van der Waals surface area contributed by atoms with Crippen LogP contribution >= 0.6 is 15.9 Å². The summed E-state index contributed by atoms with van der Waals surface area (Å²) >= 11 is 3.17. The molecule has 1 aliphatic rings. The van der Waals surface area contributed by atoms with E-state index in [-0.39, 0.29) is 11.7 Å². The van der Waals surface area contributed by atoms with Gasteiger partial charge in [-0.25, -0.2) is 13.1 Å². The Morgan fingerprint density at radius 1 is 1.35 bits per heavy atom. The summed E-state index contributed by atoms with van der Waals surface area (Å²) in [6, 6.07) is 1.30. The number of carbonyl (C=O) groups is 1. The molecule has 0 saturated heterocycles. The fourth-order valence-corrected chi connectivity index (χ4v) is 4.17. The highest BCUT2D eigenvalue weighted by Gasteiger charge is 2.25. The highest BCUT2D eigenvalue weighted by atomic mass is 79.9. The molecule has 1 saturated carbocycles. The number of carbonyl (C=O) groups excluding carboxylic acids is 1. The number of sulfonamides is 1. The topological polar surface area (TPSA) is 108 Å². The van der Waals surface area contributed by atoms with Crippen LogP contribution in [0, 0.1) is 5.92 Å². The van der Waals surface area contributed by atoms with Crippen LogP contribution < -0.4 is 15.6 Å². The van der Waals surface area contributed by atoms with E-state index >= 15 is 0 Å². The second kappa shape index (κ2) is 7.59. The van der Waals surface area contributed by atoms with Gasteiger partial charge in [0.2, 0.25) is 15.9 Å². The van der Waals surface area contributed by atoms with Gasteiger partial charge >= 0.3 is 0 Å². The summed E-state index contributed by atoms with van der Waals surface area (Å²) in [5, 5.41) is 2.32. The summed E-state index contributed by atoms with van der Waals surface area (Å²) in [6.07, 6.45) is 4.96. The molecule has 1 heterocycles. The number of rotatable bonds is 5. The van der Waals surface area contributed by atoms with Gasteiger partial charge in [0.05, 0.1) is 0 Å². The van der Waals surface area contributed by atoms with E-state index < -0.39 is 27.2 Å². The molecule has 0 aliphatic heterocycles. The van der Waals surface area contributed by atoms with Crippen molar-refractivity contribution in [3.05, 3.63) is 27.1 Å². The van der Waals surface area contributed by atoms with Crippen molar-refractivity contribution in [2.45, 2.75) is 38.6 Å². The first kappa shape index (κ1) is 18.2. The molecule has 1 aromatic rings. The fourth-order valence-electron chi connectivity index (χ4n) is 2.58. The number of aromatic nitrogens is 1. The molecule has 0 unspecified atom stereocenters. The van der Waals surface area contributed by atoms with Crippen LogP contribution in [-0.4, -0.2) is 31.1 Å². The maximum atomic E-state index is 12.1. The fraction of sp³-hybridized carbons (Fsp3) is 0.571. The maximum absolute atomic E-state index is 12.1. The number of aromatic amines is 1. The van der Waals surface area contributed by atoms with Gasteiger partial charge < -0.3 is 10.3 Å². The molecule has 0 radical (unpaired) electrons. The summed E-state index contributed by atoms with van der Waals surface area (Å²) < 4.78 is 27.3. The van der Waals surface area contributed by atoms with Crippen LogP contribution in [0.5, 0.6) is 0 Å². The predicted octanol–water partition coefficient (Wildman–Crippen LogP) is 1.57. The van der Waals surface area contributed by atoms with Crippen LogP contribution in [0.15, 0.2) is 21.5 Å². The molecule has 7 nitrogen and oxygen atoms in total. The van der Waals surface area contributed by atoms with E-state index in [1.165, 1.54) is 12.3 Å². The number of amides is 1. The highest BCUT2D eigenvalue weighted by molar-refractivity contribution is 9.10. The summed E-state index contributed by atoms with van der Waals surface area (Å²) in [4.78, 5) is 25.9. The SMILES string of the molecule is CC1CCC(NS(=O)(=O)CC(=O)Nc2cc(Br)c[nH]c2=O)CC1. The number of H-pyrrole nitrogens is 1. The zero-order valence-electron chi connectivity index (χ0n) is 12.8. The maximum Gasteiger partial charge on any atom is 0.271 e. The number of hydrogen-bond donors (Lipinski definition) is 3. The Balaban J connectivity index is 1.93. The lowest BCUT2D eigenvalue weighted by Crippen LogP contribution is -2.41. The standard InChI is InChI=1S/C14H20BrN3O4S/c1-9-2-4-11(5-3-9)18-23(21,22)8-13(19)17-12-6-10(15)7-16-14(12)20/h6-7,9,11,18H,2-5,8H2,1H3,(H,16,20)(H,17,19). The van der Waals surface area contributed by atoms with E-state index in [0.29, 0.717) is 10.4 Å². The van der Waals surface area contributed by atoms with Crippen molar-refractivity contribution in [3.63, 3.8) is 0 Å². The third-order valence-corrected chi connectivity index (χ3v) is 5.62. The zero-order valence-corrected chi connectivity index (χ0v) is 15.2. The molecule has 0 atom stereocenters. The van der Waals surface area contributed by atoms with Gasteiger partial charge in [0, 0.05) is 16.7 Å². The van der Waals surface area contributed by atoms with Crippen LogP contribution in [-0.2, 0) is 14.8 Å².